The molecule has 5 nitrogen and oxygen atoms in total. The molecule has 0 heterocycles. The van der Waals surface area contributed by atoms with Gasteiger partial charge >= 0.3 is 0 Å². The second-order valence-electron chi connectivity index (χ2n) is 4.87. The van der Waals surface area contributed by atoms with Crippen molar-refractivity contribution in [2.75, 3.05) is 25.6 Å². The number of nitrogens with one attached hydrogen (secondary N) is 2. The van der Waals surface area contributed by atoms with Crippen LogP contribution in [0.25, 0.3) is 0 Å². The Morgan fingerprint density at radius 2 is 1.86 bits per heavy atom. The first-order valence-corrected chi connectivity index (χ1v) is 7.30. The molecule has 0 aliphatic rings. The largest absolute Gasteiger partial charge is 0.383 e. The van der Waals surface area contributed by atoms with Crippen molar-refractivity contribution in [2.45, 2.75) is 32.6 Å². The van der Waals surface area contributed by atoms with Gasteiger partial charge in [-0.15, -0.1) is 0 Å². The van der Waals surface area contributed by atoms with Crippen LogP contribution in [0.2, 0.25) is 0 Å². The third kappa shape index (κ3) is 7.46. The minimum Gasteiger partial charge on any atom is -0.383 e. The molecule has 0 aliphatic carbocycles. The molecule has 116 valence electrons. The van der Waals surface area contributed by atoms with E-state index in [9.17, 15) is 9.59 Å². The van der Waals surface area contributed by atoms with Crippen molar-refractivity contribution < 1.29 is 14.3 Å². The number of ether oxygens (including phenoxy) is 1. The van der Waals surface area contributed by atoms with E-state index in [0.717, 1.165) is 24.1 Å². The maximum atomic E-state index is 11.6. The van der Waals surface area contributed by atoms with E-state index < -0.39 is 0 Å². The highest BCUT2D eigenvalue weighted by Gasteiger charge is 2.04. The van der Waals surface area contributed by atoms with E-state index in [1.165, 1.54) is 0 Å². The van der Waals surface area contributed by atoms with Crippen LogP contribution in [0.1, 0.15) is 31.7 Å². The van der Waals surface area contributed by atoms with Gasteiger partial charge in [0.05, 0.1) is 13.0 Å². The van der Waals surface area contributed by atoms with Gasteiger partial charge in [0.2, 0.25) is 11.8 Å². The highest BCUT2D eigenvalue weighted by Crippen LogP contribution is 2.11. The highest BCUT2D eigenvalue weighted by atomic mass is 16.5. The third-order valence-corrected chi connectivity index (χ3v) is 2.99. The molecular weight excluding hydrogens is 268 g/mol. The van der Waals surface area contributed by atoms with Gasteiger partial charge in [-0.2, -0.15) is 0 Å². The van der Waals surface area contributed by atoms with Crippen LogP contribution in [-0.2, 0) is 20.7 Å². The average Bonchev–Trinajstić information content (AvgIpc) is 2.47. The van der Waals surface area contributed by atoms with Gasteiger partial charge in [-0.25, -0.2) is 0 Å². The molecule has 0 aliphatic heterocycles. The van der Waals surface area contributed by atoms with E-state index in [-0.39, 0.29) is 11.8 Å². The van der Waals surface area contributed by atoms with Crippen molar-refractivity contribution in [2.24, 2.45) is 0 Å². The molecule has 2 amide bonds. The quantitative estimate of drug-likeness (QED) is 0.685. The lowest BCUT2D eigenvalue weighted by atomic mass is 10.1. The molecule has 1 rings (SSSR count). The second-order valence-corrected chi connectivity index (χ2v) is 4.87. The molecule has 0 atom stereocenters. The Morgan fingerprint density at radius 3 is 2.48 bits per heavy atom. The predicted octanol–water partition coefficient (Wildman–Crippen LogP) is 2.12. The smallest absolute Gasteiger partial charge is 0.224 e. The lowest BCUT2D eigenvalue weighted by Crippen LogP contribution is -2.28. The van der Waals surface area contributed by atoms with E-state index in [0.29, 0.717) is 26.0 Å². The molecule has 1 aromatic rings. The van der Waals surface area contributed by atoms with Crippen molar-refractivity contribution in [3.05, 3.63) is 29.8 Å². The SMILES string of the molecule is CCCCC(=O)Nc1ccc(CC(=O)NCCOC)cc1. The number of unbranched alkanes of at least 4 members (excludes halogenated alkanes) is 1. The molecule has 5 heteroatoms. The van der Waals surface area contributed by atoms with Gasteiger partial charge < -0.3 is 15.4 Å². The Bertz CT molecular complexity index is 443. The molecule has 0 fully saturated rings. The first kappa shape index (κ1) is 17.2. The second kappa shape index (κ2) is 9.94. The number of carbonyl (C=O) groups is 2. The van der Waals surface area contributed by atoms with Gasteiger partial charge in [-0.1, -0.05) is 25.5 Å². The van der Waals surface area contributed by atoms with Gasteiger partial charge in [-0.05, 0) is 24.1 Å². The number of benzene rings is 1. The van der Waals surface area contributed by atoms with Crippen LogP contribution >= 0.6 is 0 Å². The van der Waals surface area contributed by atoms with Crippen molar-refractivity contribution >= 4 is 17.5 Å². The van der Waals surface area contributed by atoms with Crippen molar-refractivity contribution in [1.82, 2.24) is 5.32 Å². The first-order chi connectivity index (χ1) is 10.2. The Hall–Kier alpha value is -1.88. The summed E-state index contributed by atoms with van der Waals surface area (Å²) in [5.41, 5.74) is 1.68. The molecular formula is C16H24N2O3. The summed E-state index contributed by atoms with van der Waals surface area (Å²) in [7, 11) is 1.60. The molecule has 1 aromatic carbocycles. The van der Waals surface area contributed by atoms with Crippen LogP contribution in [0, 0.1) is 0 Å². The summed E-state index contributed by atoms with van der Waals surface area (Å²) >= 11 is 0. The molecule has 0 radical (unpaired) electrons. The normalized spacial score (nSPS) is 10.2. The van der Waals surface area contributed by atoms with E-state index in [1.807, 2.05) is 24.3 Å². The maximum Gasteiger partial charge on any atom is 0.224 e. The number of rotatable bonds is 9. The summed E-state index contributed by atoms with van der Waals surface area (Å²) in [6.45, 7) is 3.08. The lowest BCUT2D eigenvalue weighted by molar-refractivity contribution is -0.120. The standard InChI is InChI=1S/C16H24N2O3/c1-3-4-5-15(19)18-14-8-6-13(7-9-14)12-16(20)17-10-11-21-2/h6-9H,3-5,10-12H2,1-2H3,(H,17,20)(H,18,19). The summed E-state index contributed by atoms with van der Waals surface area (Å²) < 4.78 is 4.87. The van der Waals surface area contributed by atoms with Crippen LogP contribution < -0.4 is 10.6 Å². The minimum atomic E-state index is -0.0354. The zero-order valence-corrected chi connectivity index (χ0v) is 12.8. The van der Waals surface area contributed by atoms with Crippen LogP contribution in [0.4, 0.5) is 5.69 Å². The van der Waals surface area contributed by atoms with E-state index in [2.05, 4.69) is 17.6 Å². The fraction of sp³-hybridized carbons (Fsp3) is 0.500. The maximum absolute atomic E-state index is 11.6. The van der Waals surface area contributed by atoms with Gasteiger partial charge in [0, 0.05) is 25.8 Å². The Morgan fingerprint density at radius 1 is 1.14 bits per heavy atom. The number of anilines is 1. The number of amides is 2. The zero-order chi connectivity index (χ0) is 15.5. The first-order valence-electron chi connectivity index (χ1n) is 7.30. The molecule has 0 unspecified atom stereocenters. The molecule has 2 N–H and O–H groups in total. The topological polar surface area (TPSA) is 67.4 Å². The van der Waals surface area contributed by atoms with Crippen LogP contribution in [0.5, 0.6) is 0 Å². The van der Waals surface area contributed by atoms with Crippen LogP contribution in [0.3, 0.4) is 0 Å². The molecule has 0 saturated carbocycles. The fourth-order valence-electron chi connectivity index (χ4n) is 1.81. The Kier molecular flexibility index (Phi) is 8.12. The van der Waals surface area contributed by atoms with Crippen LogP contribution in [0.15, 0.2) is 24.3 Å². The van der Waals surface area contributed by atoms with Gasteiger partial charge in [0.25, 0.3) is 0 Å². The number of carbonyl (C=O) groups excluding carboxylic acids is 2. The highest BCUT2D eigenvalue weighted by molar-refractivity contribution is 5.90. The van der Waals surface area contributed by atoms with Gasteiger partial charge in [-0.3, -0.25) is 9.59 Å². The monoisotopic (exact) mass is 292 g/mol. The Labute approximate surface area is 126 Å². The number of hydrogen-bond acceptors (Lipinski definition) is 3. The molecule has 0 spiro atoms. The zero-order valence-electron chi connectivity index (χ0n) is 12.8. The van der Waals surface area contributed by atoms with Gasteiger partial charge in [0.15, 0.2) is 0 Å². The van der Waals surface area contributed by atoms with E-state index in [1.54, 1.807) is 7.11 Å². The predicted molar refractivity (Wildman–Crippen MR) is 83.2 cm³/mol. The molecule has 0 saturated heterocycles. The summed E-state index contributed by atoms with van der Waals surface area (Å²) in [6, 6.07) is 7.35. The van der Waals surface area contributed by atoms with Crippen molar-refractivity contribution in [3.63, 3.8) is 0 Å². The van der Waals surface area contributed by atoms with Crippen molar-refractivity contribution in [1.29, 1.82) is 0 Å². The van der Waals surface area contributed by atoms with Gasteiger partial charge in [0.1, 0.15) is 0 Å². The summed E-state index contributed by atoms with van der Waals surface area (Å²) in [5, 5.41) is 5.61. The lowest BCUT2D eigenvalue weighted by Gasteiger charge is -2.07. The Balaban J connectivity index is 2.39. The molecule has 0 aromatic heterocycles. The van der Waals surface area contributed by atoms with Crippen molar-refractivity contribution in [3.8, 4) is 0 Å². The fourth-order valence-corrected chi connectivity index (χ4v) is 1.81. The molecule has 0 bridgehead atoms. The number of hydrogen-bond donors (Lipinski definition) is 2. The van der Waals surface area contributed by atoms with E-state index in [4.69, 9.17) is 4.74 Å². The summed E-state index contributed by atoms with van der Waals surface area (Å²) in [4.78, 5) is 23.2. The average molecular weight is 292 g/mol. The minimum absolute atomic E-state index is 0.0295. The third-order valence-electron chi connectivity index (χ3n) is 2.99. The summed E-state index contributed by atoms with van der Waals surface area (Å²) in [5.74, 6) is -0.00584. The molecule has 21 heavy (non-hydrogen) atoms. The summed E-state index contributed by atoms with van der Waals surface area (Å²) in [6.07, 6.45) is 2.77. The van der Waals surface area contributed by atoms with E-state index >= 15 is 0 Å². The number of methoxy groups -OCH3 is 1. The van der Waals surface area contributed by atoms with Crippen LogP contribution in [-0.4, -0.2) is 32.1 Å².